The second-order valence-electron chi connectivity index (χ2n) is 6.31. The van der Waals surface area contributed by atoms with Crippen molar-refractivity contribution in [2.45, 2.75) is 27.2 Å². The summed E-state index contributed by atoms with van der Waals surface area (Å²) in [7, 11) is 0. The van der Waals surface area contributed by atoms with Gasteiger partial charge in [0.1, 0.15) is 0 Å². The van der Waals surface area contributed by atoms with Gasteiger partial charge in [-0.3, -0.25) is 0 Å². The highest BCUT2D eigenvalue weighted by Gasteiger charge is 2.12. The van der Waals surface area contributed by atoms with Gasteiger partial charge >= 0.3 is 0 Å². The van der Waals surface area contributed by atoms with E-state index in [1.165, 1.54) is 39.0 Å². The molecule has 0 N–H and O–H groups in total. The number of rotatable bonds is 4. The first-order valence-electron chi connectivity index (χ1n) is 8.61. The zero-order valence-corrected chi connectivity index (χ0v) is 14.7. The molecule has 24 heavy (non-hydrogen) atoms. The maximum atomic E-state index is 2.24. The Morgan fingerprint density at radius 3 is 1.46 bits per heavy atom. The van der Waals surface area contributed by atoms with E-state index in [0.29, 0.717) is 0 Å². The van der Waals surface area contributed by atoms with E-state index in [9.17, 15) is 0 Å². The van der Waals surface area contributed by atoms with Crippen LogP contribution in [0.15, 0.2) is 78.9 Å². The standard InChI is InChI=1S/C24H24/c1-4-23(20-8-6-5-7-9-20)24(21-14-10-18(2)11-15-21)22-16-12-19(3)13-17-22/h5-17H,4H2,1-3H3. The predicted octanol–water partition coefficient (Wildman–Crippen LogP) is 6.67. The Morgan fingerprint density at radius 2 is 1.04 bits per heavy atom. The first-order valence-corrected chi connectivity index (χ1v) is 8.61. The Bertz CT molecular complexity index is 772. The smallest absolute Gasteiger partial charge is 0.00735 e. The van der Waals surface area contributed by atoms with Gasteiger partial charge in [-0.05, 0) is 48.1 Å². The molecule has 0 aliphatic heterocycles. The third kappa shape index (κ3) is 3.49. The van der Waals surface area contributed by atoms with E-state index in [-0.39, 0.29) is 0 Å². The monoisotopic (exact) mass is 312 g/mol. The molecule has 0 bridgehead atoms. The fraction of sp³-hybridized carbons (Fsp3) is 0.167. The first-order chi connectivity index (χ1) is 11.7. The van der Waals surface area contributed by atoms with Crippen molar-refractivity contribution in [1.29, 1.82) is 0 Å². The zero-order valence-electron chi connectivity index (χ0n) is 14.7. The molecule has 0 atom stereocenters. The van der Waals surface area contributed by atoms with Gasteiger partial charge in [-0.1, -0.05) is 96.9 Å². The van der Waals surface area contributed by atoms with Crippen molar-refractivity contribution in [3.63, 3.8) is 0 Å². The molecule has 0 aliphatic rings. The highest BCUT2D eigenvalue weighted by Crippen LogP contribution is 2.34. The van der Waals surface area contributed by atoms with Gasteiger partial charge in [-0.15, -0.1) is 0 Å². The molecular formula is C24H24. The fourth-order valence-electron chi connectivity index (χ4n) is 3.12. The van der Waals surface area contributed by atoms with E-state index in [4.69, 9.17) is 0 Å². The van der Waals surface area contributed by atoms with Crippen LogP contribution in [0.25, 0.3) is 11.1 Å². The molecule has 0 fully saturated rings. The molecule has 3 rings (SSSR count). The van der Waals surface area contributed by atoms with E-state index in [1.807, 2.05) is 0 Å². The third-order valence-corrected chi connectivity index (χ3v) is 4.46. The number of hydrogen-bond donors (Lipinski definition) is 0. The van der Waals surface area contributed by atoms with Crippen LogP contribution >= 0.6 is 0 Å². The summed E-state index contributed by atoms with van der Waals surface area (Å²) >= 11 is 0. The molecule has 0 saturated heterocycles. The molecule has 120 valence electrons. The van der Waals surface area contributed by atoms with Crippen LogP contribution < -0.4 is 0 Å². The summed E-state index contributed by atoms with van der Waals surface area (Å²) in [5.41, 5.74) is 9.18. The van der Waals surface area contributed by atoms with Gasteiger partial charge in [0.15, 0.2) is 0 Å². The van der Waals surface area contributed by atoms with Crippen LogP contribution in [0.4, 0.5) is 0 Å². The van der Waals surface area contributed by atoms with Crippen molar-refractivity contribution in [2.75, 3.05) is 0 Å². The van der Waals surface area contributed by atoms with Crippen LogP contribution in [0, 0.1) is 13.8 Å². The van der Waals surface area contributed by atoms with Crippen molar-refractivity contribution in [3.05, 3.63) is 107 Å². The van der Waals surface area contributed by atoms with E-state index in [2.05, 4.69) is 99.6 Å². The minimum absolute atomic E-state index is 1.00. The van der Waals surface area contributed by atoms with E-state index < -0.39 is 0 Å². The van der Waals surface area contributed by atoms with E-state index in [1.54, 1.807) is 0 Å². The quantitative estimate of drug-likeness (QED) is 0.472. The van der Waals surface area contributed by atoms with Gasteiger partial charge in [-0.2, -0.15) is 0 Å². The zero-order chi connectivity index (χ0) is 16.9. The normalized spacial score (nSPS) is 10.5. The predicted molar refractivity (Wildman–Crippen MR) is 105 cm³/mol. The molecule has 0 spiro atoms. The Hall–Kier alpha value is -2.60. The SMILES string of the molecule is CCC(=C(c1ccc(C)cc1)c1ccc(C)cc1)c1ccccc1. The number of hydrogen-bond acceptors (Lipinski definition) is 0. The highest BCUT2D eigenvalue weighted by atomic mass is 14.2. The van der Waals surface area contributed by atoms with Crippen molar-refractivity contribution in [3.8, 4) is 0 Å². The lowest BCUT2D eigenvalue weighted by Gasteiger charge is -2.16. The molecule has 0 aromatic heterocycles. The lowest BCUT2D eigenvalue weighted by atomic mass is 9.88. The summed E-state index contributed by atoms with van der Waals surface area (Å²) in [5.74, 6) is 0. The molecule has 0 saturated carbocycles. The topological polar surface area (TPSA) is 0 Å². The minimum Gasteiger partial charge on any atom is -0.0622 e. The van der Waals surface area contributed by atoms with Gasteiger partial charge in [0, 0.05) is 0 Å². The molecular weight excluding hydrogens is 288 g/mol. The summed E-state index contributed by atoms with van der Waals surface area (Å²) < 4.78 is 0. The molecule has 0 unspecified atom stereocenters. The van der Waals surface area contributed by atoms with Gasteiger partial charge < -0.3 is 0 Å². The van der Waals surface area contributed by atoms with Crippen LogP contribution in [-0.2, 0) is 0 Å². The Morgan fingerprint density at radius 1 is 0.583 bits per heavy atom. The lowest BCUT2D eigenvalue weighted by molar-refractivity contribution is 1.24. The van der Waals surface area contributed by atoms with Gasteiger partial charge in [0.25, 0.3) is 0 Å². The number of allylic oxidation sites excluding steroid dienone is 1. The fourth-order valence-corrected chi connectivity index (χ4v) is 3.12. The first kappa shape index (κ1) is 16.3. The third-order valence-electron chi connectivity index (χ3n) is 4.46. The van der Waals surface area contributed by atoms with Crippen molar-refractivity contribution >= 4 is 11.1 Å². The summed E-state index contributed by atoms with van der Waals surface area (Å²) in [6.45, 7) is 6.51. The number of aryl methyl sites for hydroxylation is 2. The average Bonchev–Trinajstić information content (AvgIpc) is 2.62. The van der Waals surface area contributed by atoms with Crippen LogP contribution in [-0.4, -0.2) is 0 Å². The molecule has 0 amide bonds. The molecule has 3 aromatic rings. The summed E-state index contributed by atoms with van der Waals surface area (Å²) in [6.07, 6.45) is 1.00. The van der Waals surface area contributed by atoms with Crippen LogP contribution in [0.2, 0.25) is 0 Å². The van der Waals surface area contributed by atoms with Crippen LogP contribution in [0.1, 0.15) is 41.2 Å². The number of benzene rings is 3. The highest BCUT2D eigenvalue weighted by molar-refractivity contribution is 5.98. The van der Waals surface area contributed by atoms with Gasteiger partial charge in [-0.25, -0.2) is 0 Å². The molecule has 0 heterocycles. The maximum Gasteiger partial charge on any atom is -0.00735 e. The maximum absolute atomic E-state index is 2.24. The van der Waals surface area contributed by atoms with E-state index >= 15 is 0 Å². The summed E-state index contributed by atoms with van der Waals surface area (Å²) in [4.78, 5) is 0. The lowest BCUT2D eigenvalue weighted by Crippen LogP contribution is -1.95. The van der Waals surface area contributed by atoms with Crippen molar-refractivity contribution in [1.82, 2.24) is 0 Å². The molecule has 0 heteroatoms. The minimum atomic E-state index is 1.00. The largest absolute Gasteiger partial charge is 0.0622 e. The average molecular weight is 312 g/mol. The Balaban J connectivity index is 2.26. The van der Waals surface area contributed by atoms with Crippen molar-refractivity contribution in [2.24, 2.45) is 0 Å². The summed E-state index contributed by atoms with van der Waals surface area (Å²) in [6, 6.07) is 28.5. The molecule has 3 aromatic carbocycles. The molecule has 0 aliphatic carbocycles. The summed E-state index contributed by atoms with van der Waals surface area (Å²) in [5, 5.41) is 0. The van der Waals surface area contributed by atoms with Gasteiger partial charge in [0.2, 0.25) is 0 Å². The second-order valence-corrected chi connectivity index (χ2v) is 6.31. The van der Waals surface area contributed by atoms with Crippen molar-refractivity contribution < 1.29 is 0 Å². The molecule has 0 nitrogen and oxygen atoms in total. The van der Waals surface area contributed by atoms with E-state index in [0.717, 1.165) is 6.42 Å². The molecule has 0 radical (unpaired) electrons. The Labute approximate surface area is 145 Å². The van der Waals surface area contributed by atoms with Gasteiger partial charge in [0.05, 0.1) is 0 Å². The Kier molecular flexibility index (Phi) is 4.96. The van der Waals surface area contributed by atoms with Crippen LogP contribution in [0.5, 0.6) is 0 Å². The second kappa shape index (κ2) is 7.31. The van der Waals surface area contributed by atoms with Crippen LogP contribution in [0.3, 0.4) is 0 Å².